The summed E-state index contributed by atoms with van der Waals surface area (Å²) in [6.07, 6.45) is 6.31. The van der Waals surface area contributed by atoms with E-state index in [2.05, 4.69) is 192 Å². The molecule has 12 rings (SSSR count). The fourth-order valence-corrected chi connectivity index (χ4v) is 9.29. The van der Waals surface area contributed by atoms with Crippen molar-refractivity contribution in [2.24, 2.45) is 0 Å². The molecule has 6 nitrogen and oxygen atoms in total. The molecule has 0 saturated heterocycles. The van der Waals surface area contributed by atoms with E-state index in [4.69, 9.17) is 27.5 Å². The average Bonchev–Trinajstić information content (AvgIpc) is 3.98. The van der Waals surface area contributed by atoms with Gasteiger partial charge in [-0.25, -0.2) is 14.8 Å². The SMILES string of the molecule is C.C=Cc1c(/C=C\C)c2cc3c4ccccc4n4c5ccccc5c(c2n1-c1nc(-c2ccc5ccccc5c2)nc2ccccc12)c34.Cc1ccc(CNCl)cc1.Cc1ccccc1N. The van der Waals surface area contributed by atoms with Crippen LogP contribution < -0.4 is 10.6 Å². The van der Waals surface area contributed by atoms with E-state index in [0.29, 0.717) is 5.82 Å². The van der Waals surface area contributed by atoms with E-state index in [1.807, 2.05) is 37.3 Å². The summed E-state index contributed by atoms with van der Waals surface area (Å²) in [6.45, 7) is 11.2. The van der Waals surface area contributed by atoms with Crippen LogP contribution in [-0.4, -0.2) is 18.9 Å². The van der Waals surface area contributed by atoms with Crippen LogP contribution in [0, 0.1) is 13.8 Å². The first-order chi connectivity index (χ1) is 31.9. The topological polar surface area (TPSA) is 73.2 Å². The van der Waals surface area contributed by atoms with E-state index in [-0.39, 0.29) is 7.43 Å². The van der Waals surface area contributed by atoms with Crippen LogP contribution in [0.15, 0.2) is 183 Å². The Balaban J connectivity index is 0.000000242. The van der Waals surface area contributed by atoms with Crippen molar-refractivity contribution in [2.75, 3.05) is 5.73 Å². The van der Waals surface area contributed by atoms with Crippen molar-refractivity contribution in [3.05, 3.63) is 210 Å². The molecular formula is C59H51ClN6. The van der Waals surface area contributed by atoms with Gasteiger partial charge in [-0.2, -0.15) is 0 Å². The first-order valence-corrected chi connectivity index (χ1v) is 22.2. The molecule has 0 radical (unpaired) electrons. The monoisotopic (exact) mass is 878 g/mol. The number of aryl methyl sites for hydroxylation is 2. The Bertz CT molecular complexity index is 3720. The Labute approximate surface area is 390 Å². The number of aromatic nitrogens is 4. The molecule has 324 valence electrons. The van der Waals surface area contributed by atoms with Gasteiger partial charge in [-0.15, -0.1) is 0 Å². The number of nitrogens with one attached hydrogen (secondary N) is 1. The number of rotatable bonds is 6. The quantitative estimate of drug-likeness (QED) is 0.129. The molecule has 3 N–H and O–H groups in total. The molecule has 12 aromatic rings. The second-order valence-electron chi connectivity index (χ2n) is 16.4. The van der Waals surface area contributed by atoms with Gasteiger partial charge in [0.2, 0.25) is 0 Å². The fourth-order valence-electron chi connectivity index (χ4n) is 9.14. The minimum atomic E-state index is 0. The van der Waals surface area contributed by atoms with Crippen LogP contribution in [0.4, 0.5) is 5.69 Å². The lowest BCUT2D eigenvalue weighted by Gasteiger charge is -2.14. The van der Waals surface area contributed by atoms with Gasteiger partial charge in [-0.3, -0.25) is 4.57 Å². The first-order valence-electron chi connectivity index (χ1n) is 21.8. The highest BCUT2D eigenvalue weighted by molar-refractivity contribution is 6.32. The highest BCUT2D eigenvalue weighted by Gasteiger charge is 2.26. The summed E-state index contributed by atoms with van der Waals surface area (Å²) >= 11 is 5.33. The van der Waals surface area contributed by atoms with E-state index in [9.17, 15) is 0 Å². The highest BCUT2D eigenvalue weighted by atomic mass is 35.5. The van der Waals surface area contributed by atoms with Crippen molar-refractivity contribution >= 4 is 100 Å². The molecular weight excluding hydrogens is 828 g/mol. The zero-order valence-electron chi connectivity index (χ0n) is 36.6. The second-order valence-corrected chi connectivity index (χ2v) is 16.6. The van der Waals surface area contributed by atoms with Gasteiger partial charge in [0.25, 0.3) is 0 Å². The van der Waals surface area contributed by atoms with Crippen LogP contribution in [-0.2, 0) is 6.54 Å². The number of hydrogen-bond donors (Lipinski definition) is 2. The second kappa shape index (κ2) is 18.4. The molecule has 4 heterocycles. The Hall–Kier alpha value is -7.77. The molecule has 0 saturated carbocycles. The van der Waals surface area contributed by atoms with E-state index in [1.54, 1.807) is 0 Å². The lowest BCUT2D eigenvalue weighted by atomic mass is 10.0. The Morgan fingerprint density at radius 2 is 1.30 bits per heavy atom. The number of nitrogens with two attached hydrogens (primary N) is 1. The molecule has 4 aromatic heterocycles. The maximum Gasteiger partial charge on any atom is 0.162 e. The van der Waals surface area contributed by atoms with Gasteiger partial charge >= 0.3 is 0 Å². The molecule has 0 bridgehead atoms. The van der Waals surface area contributed by atoms with Crippen LogP contribution in [0.3, 0.4) is 0 Å². The minimum absolute atomic E-state index is 0. The third-order valence-electron chi connectivity index (χ3n) is 12.3. The summed E-state index contributed by atoms with van der Waals surface area (Å²) in [5.74, 6) is 1.54. The van der Waals surface area contributed by atoms with Crippen LogP contribution >= 0.6 is 11.8 Å². The molecule has 7 heteroatoms. The summed E-state index contributed by atoms with van der Waals surface area (Å²) in [5, 5.41) is 9.47. The minimum Gasteiger partial charge on any atom is -0.399 e. The average molecular weight is 880 g/mol. The summed E-state index contributed by atoms with van der Waals surface area (Å²) in [5.41, 5.74) is 18.8. The van der Waals surface area contributed by atoms with Crippen LogP contribution in [0.1, 0.15) is 42.3 Å². The van der Waals surface area contributed by atoms with E-state index in [0.717, 1.165) is 62.2 Å². The van der Waals surface area contributed by atoms with Crippen LogP contribution in [0.2, 0.25) is 0 Å². The van der Waals surface area contributed by atoms with Gasteiger partial charge in [0.05, 0.1) is 33.3 Å². The molecule has 0 aliphatic heterocycles. The molecule has 8 aromatic carbocycles. The number of allylic oxidation sites excluding steroid dienone is 1. The van der Waals surface area contributed by atoms with E-state index in [1.165, 1.54) is 60.0 Å². The molecule has 0 aliphatic carbocycles. The summed E-state index contributed by atoms with van der Waals surface area (Å²) in [6, 6.07) is 59.2. The molecule has 0 spiro atoms. The maximum atomic E-state index is 5.52. The smallest absolute Gasteiger partial charge is 0.162 e. The summed E-state index contributed by atoms with van der Waals surface area (Å²) < 4.78 is 4.78. The van der Waals surface area contributed by atoms with Crippen LogP contribution in [0.25, 0.3) is 100 Å². The van der Waals surface area contributed by atoms with Crippen molar-refractivity contribution in [1.82, 2.24) is 23.8 Å². The fraction of sp³-hybridized carbons (Fsp3) is 0.0847. The predicted octanol–water partition coefficient (Wildman–Crippen LogP) is 15.7. The van der Waals surface area contributed by atoms with Gasteiger partial charge in [0, 0.05) is 55.7 Å². The van der Waals surface area contributed by atoms with Gasteiger partial charge in [0.1, 0.15) is 5.82 Å². The maximum absolute atomic E-state index is 5.52. The number of fused-ring (bicyclic) bond motifs is 10. The van der Waals surface area contributed by atoms with Crippen molar-refractivity contribution in [2.45, 2.75) is 34.7 Å². The number of nitrogen functional groups attached to an aromatic ring is 1. The zero-order chi connectivity index (χ0) is 44.6. The van der Waals surface area contributed by atoms with Gasteiger partial charge < -0.3 is 10.1 Å². The van der Waals surface area contributed by atoms with Crippen molar-refractivity contribution in [3.8, 4) is 17.2 Å². The first kappa shape index (κ1) is 43.5. The number of benzene rings is 8. The van der Waals surface area contributed by atoms with Gasteiger partial charge in [-0.05, 0) is 103 Å². The number of nitrogens with zero attached hydrogens (tertiary/aromatic N) is 4. The highest BCUT2D eigenvalue weighted by Crippen LogP contribution is 2.46. The Morgan fingerprint density at radius 1 is 0.652 bits per heavy atom. The van der Waals surface area contributed by atoms with Gasteiger partial charge in [0.15, 0.2) is 5.82 Å². The van der Waals surface area contributed by atoms with Crippen molar-refractivity contribution in [1.29, 1.82) is 0 Å². The Morgan fingerprint density at radius 3 is 2.00 bits per heavy atom. The van der Waals surface area contributed by atoms with E-state index >= 15 is 0 Å². The number of halogens is 1. The number of anilines is 1. The van der Waals surface area contributed by atoms with Crippen molar-refractivity contribution < 1.29 is 0 Å². The predicted molar refractivity (Wildman–Crippen MR) is 285 cm³/mol. The molecule has 0 aliphatic rings. The summed E-state index contributed by atoms with van der Waals surface area (Å²) in [4.78, 5) is 13.1. The molecule has 66 heavy (non-hydrogen) atoms. The standard InChI is InChI=1S/C43H28N4.C8H10ClN.C7H9N.CH4/c1-3-13-29-33-25-34-30-16-8-11-20-37(30)46-38-21-12-9-18-32(38)39(40(34)46)41(33)47(36(29)4-2)43-31-17-7-10-19-35(31)44-42(45-43)28-23-22-26-14-5-6-15-27(26)24-28;1-7-2-4-8(5-3-7)6-10-9;1-6-4-2-3-5-7(6)8;/h3-25H,2H2,1H3;2-5,10H,6H2,1H3;2-5H,8H2,1H3;1H4/b13-3-;;;. The lowest BCUT2D eigenvalue weighted by molar-refractivity contribution is 0.963. The molecule has 0 amide bonds. The largest absolute Gasteiger partial charge is 0.399 e. The number of para-hydroxylation sites is 4. The lowest BCUT2D eigenvalue weighted by Crippen LogP contribution is -2.04. The molecule has 0 fully saturated rings. The third-order valence-corrected chi connectivity index (χ3v) is 12.4. The molecule has 0 unspecified atom stereocenters. The normalized spacial score (nSPS) is 11.4. The summed E-state index contributed by atoms with van der Waals surface area (Å²) in [7, 11) is 0. The number of hydrogen-bond acceptors (Lipinski definition) is 4. The van der Waals surface area contributed by atoms with E-state index < -0.39 is 0 Å². The zero-order valence-corrected chi connectivity index (χ0v) is 37.3. The molecule has 0 atom stereocenters. The van der Waals surface area contributed by atoms with Gasteiger partial charge in [-0.1, -0.05) is 159 Å². The Kier molecular flexibility index (Phi) is 12.1. The van der Waals surface area contributed by atoms with Crippen LogP contribution in [0.5, 0.6) is 0 Å². The third kappa shape index (κ3) is 7.60. The van der Waals surface area contributed by atoms with Crippen molar-refractivity contribution in [3.63, 3.8) is 0 Å².